The summed E-state index contributed by atoms with van der Waals surface area (Å²) >= 11 is 0. The molecule has 1 rings (SSSR count). The first kappa shape index (κ1) is 13.6. The SMILES string of the molecule is C=C/C=C\C/C(=C\C)COC(=O)N1CCCC1. The van der Waals surface area contributed by atoms with Crippen LogP contribution in [0.15, 0.2) is 36.5 Å². The summed E-state index contributed by atoms with van der Waals surface area (Å²) in [5.41, 5.74) is 1.11. The highest BCUT2D eigenvalue weighted by atomic mass is 16.6. The Labute approximate surface area is 103 Å². The Morgan fingerprint density at radius 3 is 2.71 bits per heavy atom. The maximum atomic E-state index is 11.6. The third kappa shape index (κ3) is 4.89. The van der Waals surface area contributed by atoms with Crippen molar-refractivity contribution in [3.8, 4) is 0 Å². The summed E-state index contributed by atoms with van der Waals surface area (Å²) in [7, 11) is 0. The van der Waals surface area contributed by atoms with Gasteiger partial charge in [0.15, 0.2) is 0 Å². The zero-order chi connectivity index (χ0) is 12.5. The average molecular weight is 235 g/mol. The molecule has 0 radical (unpaired) electrons. The van der Waals surface area contributed by atoms with Crippen molar-refractivity contribution in [1.29, 1.82) is 0 Å². The standard InChI is InChI=1S/C14H21NO2/c1-3-5-6-9-13(4-2)12-17-14(16)15-10-7-8-11-15/h3-6H,1,7-12H2,2H3/b6-5-,13-4+. The Kier molecular flexibility index (Phi) is 6.15. The molecule has 1 fully saturated rings. The van der Waals surface area contributed by atoms with Crippen molar-refractivity contribution in [3.05, 3.63) is 36.5 Å². The molecule has 1 aliphatic rings. The fourth-order valence-corrected chi connectivity index (χ4v) is 1.72. The summed E-state index contributed by atoms with van der Waals surface area (Å²) in [6, 6.07) is 0. The fourth-order valence-electron chi connectivity index (χ4n) is 1.72. The number of rotatable bonds is 5. The van der Waals surface area contributed by atoms with Crippen LogP contribution in [0.3, 0.4) is 0 Å². The minimum Gasteiger partial charge on any atom is -0.445 e. The predicted octanol–water partition coefficient (Wildman–Crippen LogP) is 3.30. The van der Waals surface area contributed by atoms with Crippen LogP contribution in [0.1, 0.15) is 26.2 Å². The molecule has 0 aliphatic carbocycles. The second-order valence-corrected chi connectivity index (χ2v) is 4.06. The maximum absolute atomic E-state index is 11.6. The van der Waals surface area contributed by atoms with Gasteiger partial charge in [0.1, 0.15) is 6.61 Å². The molecule has 3 heteroatoms. The molecule has 0 saturated carbocycles. The van der Waals surface area contributed by atoms with Crippen molar-refractivity contribution in [3.63, 3.8) is 0 Å². The molecule has 17 heavy (non-hydrogen) atoms. The van der Waals surface area contributed by atoms with E-state index in [0.29, 0.717) is 6.61 Å². The van der Waals surface area contributed by atoms with E-state index in [1.54, 1.807) is 11.0 Å². The van der Waals surface area contributed by atoms with Gasteiger partial charge in [0.25, 0.3) is 0 Å². The summed E-state index contributed by atoms with van der Waals surface area (Å²) in [6.07, 6.45) is 10.4. The summed E-state index contributed by atoms with van der Waals surface area (Å²) < 4.78 is 5.27. The molecule has 0 aromatic rings. The first-order chi connectivity index (χ1) is 8.27. The lowest BCUT2D eigenvalue weighted by Gasteiger charge is -2.15. The molecule has 0 N–H and O–H groups in total. The lowest BCUT2D eigenvalue weighted by Crippen LogP contribution is -2.28. The van der Waals surface area contributed by atoms with Crippen molar-refractivity contribution < 1.29 is 9.53 Å². The Hall–Kier alpha value is -1.51. The molecule has 94 valence electrons. The minimum atomic E-state index is -0.186. The Bertz CT molecular complexity index is 312. The van der Waals surface area contributed by atoms with Gasteiger partial charge in [-0.3, -0.25) is 0 Å². The third-order valence-electron chi connectivity index (χ3n) is 2.81. The zero-order valence-electron chi connectivity index (χ0n) is 10.5. The Morgan fingerprint density at radius 2 is 2.12 bits per heavy atom. The second kappa shape index (κ2) is 7.71. The molecule has 1 heterocycles. The van der Waals surface area contributed by atoms with E-state index in [2.05, 4.69) is 6.58 Å². The Balaban J connectivity index is 2.29. The molecule has 0 unspecified atom stereocenters. The van der Waals surface area contributed by atoms with Gasteiger partial charge in [-0.1, -0.05) is 30.9 Å². The van der Waals surface area contributed by atoms with Gasteiger partial charge in [0, 0.05) is 13.1 Å². The minimum absolute atomic E-state index is 0.186. The summed E-state index contributed by atoms with van der Waals surface area (Å²) in [6.45, 7) is 7.62. The molecule has 1 aliphatic heterocycles. The van der Waals surface area contributed by atoms with Crippen molar-refractivity contribution >= 4 is 6.09 Å². The van der Waals surface area contributed by atoms with Gasteiger partial charge in [-0.2, -0.15) is 0 Å². The third-order valence-corrected chi connectivity index (χ3v) is 2.81. The molecule has 1 saturated heterocycles. The average Bonchev–Trinajstić information content (AvgIpc) is 2.87. The number of ether oxygens (including phenoxy) is 1. The maximum Gasteiger partial charge on any atom is 0.410 e. The van der Waals surface area contributed by atoms with E-state index in [-0.39, 0.29) is 6.09 Å². The van der Waals surface area contributed by atoms with Crippen LogP contribution in [0, 0.1) is 0 Å². The second-order valence-electron chi connectivity index (χ2n) is 4.06. The first-order valence-corrected chi connectivity index (χ1v) is 6.11. The molecule has 1 amide bonds. The lowest BCUT2D eigenvalue weighted by molar-refractivity contribution is 0.118. The molecular formula is C14H21NO2. The van der Waals surface area contributed by atoms with E-state index in [4.69, 9.17) is 4.74 Å². The molecule has 0 aromatic heterocycles. The van der Waals surface area contributed by atoms with Crippen LogP contribution in [0.4, 0.5) is 4.79 Å². The number of nitrogens with zero attached hydrogens (tertiary/aromatic N) is 1. The normalized spacial score (nSPS) is 16.5. The fraction of sp³-hybridized carbons (Fsp3) is 0.500. The van der Waals surface area contributed by atoms with Crippen LogP contribution >= 0.6 is 0 Å². The van der Waals surface area contributed by atoms with Gasteiger partial charge < -0.3 is 9.64 Å². The quantitative estimate of drug-likeness (QED) is 0.540. The number of carbonyl (C=O) groups is 1. The van der Waals surface area contributed by atoms with E-state index in [9.17, 15) is 4.79 Å². The zero-order valence-corrected chi connectivity index (χ0v) is 10.5. The Morgan fingerprint density at radius 1 is 1.41 bits per heavy atom. The molecule has 0 spiro atoms. The highest BCUT2D eigenvalue weighted by Gasteiger charge is 2.18. The summed E-state index contributed by atoms with van der Waals surface area (Å²) in [5, 5.41) is 0. The number of hydrogen-bond acceptors (Lipinski definition) is 2. The van der Waals surface area contributed by atoms with Gasteiger partial charge in [0.2, 0.25) is 0 Å². The van der Waals surface area contributed by atoms with Crippen LogP contribution in [-0.4, -0.2) is 30.7 Å². The van der Waals surface area contributed by atoms with Crippen molar-refractivity contribution in [2.45, 2.75) is 26.2 Å². The largest absolute Gasteiger partial charge is 0.445 e. The van der Waals surface area contributed by atoms with Crippen LogP contribution in [-0.2, 0) is 4.74 Å². The van der Waals surface area contributed by atoms with E-state index >= 15 is 0 Å². The van der Waals surface area contributed by atoms with Gasteiger partial charge in [-0.25, -0.2) is 4.79 Å². The summed E-state index contributed by atoms with van der Waals surface area (Å²) in [4.78, 5) is 13.4. The van der Waals surface area contributed by atoms with E-state index in [1.807, 2.05) is 25.2 Å². The van der Waals surface area contributed by atoms with Crippen molar-refractivity contribution in [2.75, 3.05) is 19.7 Å². The molecule has 3 nitrogen and oxygen atoms in total. The molecule has 0 atom stereocenters. The smallest absolute Gasteiger partial charge is 0.410 e. The van der Waals surface area contributed by atoms with Gasteiger partial charge in [-0.05, 0) is 31.8 Å². The van der Waals surface area contributed by atoms with Gasteiger partial charge in [-0.15, -0.1) is 0 Å². The van der Waals surface area contributed by atoms with E-state index in [1.165, 1.54) is 0 Å². The first-order valence-electron chi connectivity index (χ1n) is 6.11. The van der Waals surface area contributed by atoms with Crippen LogP contribution in [0.5, 0.6) is 0 Å². The molecule has 0 bridgehead atoms. The summed E-state index contributed by atoms with van der Waals surface area (Å²) in [5.74, 6) is 0. The van der Waals surface area contributed by atoms with Crippen LogP contribution < -0.4 is 0 Å². The monoisotopic (exact) mass is 235 g/mol. The van der Waals surface area contributed by atoms with Crippen molar-refractivity contribution in [1.82, 2.24) is 4.90 Å². The lowest BCUT2D eigenvalue weighted by atomic mass is 10.2. The number of carbonyl (C=O) groups excluding carboxylic acids is 1. The van der Waals surface area contributed by atoms with Gasteiger partial charge in [0.05, 0.1) is 0 Å². The van der Waals surface area contributed by atoms with Crippen LogP contribution in [0.2, 0.25) is 0 Å². The predicted molar refractivity (Wildman–Crippen MR) is 69.9 cm³/mol. The van der Waals surface area contributed by atoms with E-state index < -0.39 is 0 Å². The van der Waals surface area contributed by atoms with Crippen molar-refractivity contribution in [2.24, 2.45) is 0 Å². The van der Waals surface area contributed by atoms with Gasteiger partial charge >= 0.3 is 6.09 Å². The number of hydrogen-bond donors (Lipinski definition) is 0. The van der Waals surface area contributed by atoms with E-state index in [0.717, 1.165) is 37.9 Å². The number of allylic oxidation sites excluding steroid dienone is 4. The highest BCUT2D eigenvalue weighted by Crippen LogP contribution is 2.10. The topological polar surface area (TPSA) is 29.5 Å². The number of likely N-dealkylation sites (tertiary alicyclic amines) is 1. The molecular weight excluding hydrogens is 214 g/mol. The number of amides is 1. The highest BCUT2D eigenvalue weighted by molar-refractivity contribution is 5.68. The van der Waals surface area contributed by atoms with Crippen LogP contribution in [0.25, 0.3) is 0 Å². The molecule has 0 aromatic carbocycles.